The van der Waals surface area contributed by atoms with E-state index >= 15 is 0 Å². The third-order valence-corrected chi connectivity index (χ3v) is 4.42. The molecule has 2 aliphatic carbocycles. The van der Waals surface area contributed by atoms with Gasteiger partial charge in [0.05, 0.1) is 13.2 Å². The maximum Gasteiger partial charge on any atom is 0.248 e. The molecule has 1 heterocycles. The van der Waals surface area contributed by atoms with Gasteiger partial charge in [0.1, 0.15) is 5.54 Å². The van der Waals surface area contributed by atoms with Gasteiger partial charge >= 0.3 is 0 Å². The molecule has 1 spiro atoms. The minimum Gasteiger partial charge on any atom is -0.379 e. The van der Waals surface area contributed by atoms with Gasteiger partial charge in [0.2, 0.25) is 11.8 Å². The largest absolute Gasteiger partial charge is 0.379 e. The van der Waals surface area contributed by atoms with Crippen LogP contribution in [0, 0.1) is 5.92 Å². The van der Waals surface area contributed by atoms with Crippen molar-refractivity contribution in [2.24, 2.45) is 5.92 Å². The van der Waals surface area contributed by atoms with Crippen LogP contribution in [0.3, 0.4) is 0 Å². The van der Waals surface area contributed by atoms with Gasteiger partial charge in [0.15, 0.2) is 0 Å². The number of hydrogen-bond donors (Lipinski definition) is 1. The summed E-state index contributed by atoms with van der Waals surface area (Å²) in [5, 5.41) is 2.92. The van der Waals surface area contributed by atoms with Crippen LogP contribution in [0.4, 0.5) is 0 Å². The summed E-state index contributed by atoms with van der Waals surface area (Å²) in [5.74, 6) is 0.810. The molecule has 0 aromatic heterocycles. The zero-order valence-corrected chi connectivity index (χ0v) is 11.3. The van der Waals surface area contributed by atoms with E-state index in [0.29, 0.717) is 13.2 Å². The Morgan fingerprint density at radius 2 is 2.00 bits per heavy atom. The minimum absolute atomic E-state index is 0.0244. The molecule has 0 radical (unpaired) electrons. The van der Waals surface area contributed by atoms with E-state index < -0.39 is 5.54 Å². The Morgan fingerprint density at radius 3 is 2.68 bits per heavy atom. The Bertz CT molecular complexity index is 373. The second-order valence-corrected chi connectivity index (χ2v) is 6.08. The molecule has 3 rings (SSSR count). The summed E-state index contributed by atoms with van der Waals surface area (Å²) in [4.78, 5) is 26.0. The SMILES string of the molecule is O=C1CN(CCOCC2CC2)C(=O)C2(CCCC2)N1. The second-order valence-electron chi connectivity index (χ2n) is 6.08. The van der Waals surface area contributed by atoms with Gasteiger partial charge in [-0.3, -0.25) is 9.59 Å². The average molecular weight is 266 g/mol. The predicted octanol–water partition coefficient (Wildman–Crippen LogP) is 0.684. The number of nitrogens with zero attached hydrogens (tertiary/aromatic N) is 1. The first-order chi connectivity index (χ1) is 9.20. The lowest BCUT2D eigenvalue weighted by Crippen LogP contribution is -2.65. The van der Waals surface area contributed by atoms with E-state index in [0.717, 1.165) is 38.2 Å². The highest BCUT2D eigenvalue weighted by atomic mass is 16.5. The number of carbonyl (C=O) groups excluding carboxylic acids is 2. The summed E-state index contributed by atoms with van der Waals surface area (Å²) in [6.45, 7) is 2.08. The fourth-order valence-electron chi connectivity index (χ4n) is 3.11. The highest BCUT2D eigenvalue weighted by Gasteiger charge is 2.47. The number of amides is 2. The predicted molar refractivity (Wildman–Crippen MR) is 69.5 cm³/mol. The Hall–Kier alpha value is -1.10. The fourth-order valence-corrected chi connectivity index (χ4v) is 3.11. The maximum absolute atomic E-state index is 12.5. The molecule has 0 bridgehead atoms. The van der Waals surface area contributed by atoms with Crippen molar-refractivity contribution in [3.8, 4) is 0 Å². The molecule has 0 atom stereocenters. The third-order valence-electron chi connectivity index (χ3n) is 4.42. The molecule has 3 fully saturated rings. The lowest BCUT2D eigenvalue weighted by molar-refractivity contribution is -0.150. The van der Waals surface area contributed by atoms with Crippen LogP contribution < -0.4 is 5.32 Å². The first-order valence-electron chi connectivity index (χ1n) is 7.38. The van der Waals surface area contributed by atoms with Gasteiger partial charge in [0.25, 0.3) is 0 Å². The van der Waals surface area contributed by atoms with E-state index in [-0.39, 0.29) is 18.4 Å². The first kappa shape index (κ1) is 12.9. The number of nitrogens with one attached hydrogen (secondary N) is 1. The number of carbonyl (C=O) groups is 2. The van der Waals surface area contributed by atoms with Crippen LogP contribution in [0.1, 0.15) is 38.5 Å². The molecule has 3 aliphatic rings. The van der Waals surface area contributed by atoms with Crippen LogP contribution in [-0.2, 0) is 14.3 Å². The monoisotopic (exact) mass is 266 g/mol. The van der Waals surface area contributed by atoms with Crippen molar-refractivity contribution in [3.05, 3.63) is 0 Å². The molecule has 5 heteroatoms. The normalized spacial score (nSPS) is 26.0. The summed E-state index contributed by atoms with van der Waals surface area (Å²) in [5.41, 5.74) is -0.591. The van der Waals surface area contributed by atoms with Crippen molar-refractivity contribution in [2.45, 2.75) is 44.1 Å². The molecule has 0 unspecified atom stereocenters. The zero-order valence-electron chi connectivity index (χ0n) is 11.3. The Morgan fingerprint density at radius 1 is 1.26 bits per heavy atom. The van der Waals surface area contributed by atoms with Gasteiger partial charge in [-0.25, -0.2) is 0 Å². The van der Waals surface area contributed by atoms with E-state index in [9.17, 15) is 9.59 Å². The topological polar surface area (TPSA) is 58.6 Å². The molecule has 2 amide bonds. The second kappa shape index (κ2) is 5.12. The van der Waals surface area contributed by atoms with Crippen LogP contribution in [0.5, 0.6) is 0 Å². The molecule has 19 heavy (non-hydrogen) atoms. The van der Waals surface area contributed by atoms with Gasteiger partial charge < -0.3 is 15.0 Å². The molecule has 2 saturated carbocycles. The van der Waals surface area contributed by atoms with Gasteiger partial charge in [-0.15, -0.1) is 0 Å². The van der Waals surface area contributed by atoms with Gasteiger partial charge in [-0.1, -0.05) is 12.8 Å². The third kappa shape index (κ3) is 2.76. The molecule has 1 aliphatic heterocycles. The van der Waals surface area contributed by atoms with Crippen LogP contribution >= 0.6 is 0 Å². The number of ether oxygens (including phenoxy) is 1. The van der Waals surface area contributed by atoms with E-state index in [1.165, 1.54) is 12.8 Å². The molecular formula is C14H22N2O3. The van der Waals surface area contributed by atoms with Gasteiger partial charge in [-0.05, 0) is 31.6 Å². The van der Waals surface area contributed by atoms with Crippen LogP contribution in [0.25, 0.3) is 0 Å². The van der Waals surface area contributed by atoms with Crippen molar-refractivity contribution < 1.29 is 14.3 Å². The van der Waals surface area contributed by atoms with E-state index in [2.05, 4.69) is 5.32 Å². The van der Waals surface area contributed by atoms with Crippen molar-refractivity contribution in [2.75, 3.05) is 26.3 Å². The van der Waals surface area contributed by atoms with Crippen LogP contribution in [0.15, 0.2) is 0 Å². The number of hydrogen-bond acceptors (Lipinski definition) is 3. The summed E-state index contributed by atoms with van der Waals surface area (Å²) in [7, 11) is 0. The van der Waals surface area contributed by atoms with E-state index in [1.807, 2.05) is 0 Å². The maximum atomic E-state index is 12.5. The minimum atomic E-state index is -0.591. The van der Waals surface area contributed by atoms with E-state index in [4.69, 9.17) is 4.74 Å². The molecule has 106 valence electrons. The smallest absolute Gasteiger partial charge is 0.248 e. The Labute approximate surface area is 113 Å². The average Bonchev–Trinajstić information content (AvgIpc) is 3.10. The van der Waals surface area contributed by atoms with Gasteiger partial charge in [-0.2, -0.15) is 0 Å². The molecule has 1 saturated heterocycles. The number of piperazine rings is 1. The van der Waals surface area contributed by atoms with Crippen molar-refractivity contribution in [1.29, 1.82) is 0 Å². The molecule has 0 aromatic carbocycles. The van der Waals surface area contributed by atoms with Gasteiger partial charge in [0, 0.05) is 13.2 Å². The van der Waals surface area contributed by atoms with Crippen molar-refractivity contribution >= 4 is 11.8 Å². The lowest BCUT2D eigenvalue weighted by atomic mass is 9.93. The zero-order chi connectivity index (χ0) is 13.3. The van der Waals surface area contributed by atoms with Crippen LogP contribution in [0.2, 0.25) is 0 Å². The highest BCUT2D eigenvalue weighted by molar-refractivity contribution is 5.98. The highest BCUT2D eigenvalue weighted by Crippen LogP contribution is 2.33. The summed E-state index contributed by atoms with van der Waals surface area (Å²) in [6, 6.07) is 0. The lowest BCUT2D eigenvalue weighted by Gasteiger charge is -2.39. The molecule has 5 nitrogen and oxygen atoms in total. The standard InChI is InChI=1S/C14H22N2O3/c17-12-9-16(7-8-19-10-11-3-4-11)13(18)14(15-12)5-1-2-6-14/h11H,1-10H2,(H,15,17). The Kier molecular flexibility index (Phi) is 3.48. The summed E-state index contributed by atoms with van der Waals surface area (Å²) < 4.78 is 5.57. The van der Waals surface area contributed by atoms with Crippen molar-refractivity contribution in [1.82, 2.24) is 10.2 Å². The molecule has 1 N–H and O–H groups in total. The van der Waals surface area contributed by atoms with Crippen LogP contribution in [-0.4, -0.2) is 48.6 Å². The fraction of sp³-hybridized carbons (Fsp3) is 0.857. The molecular weight excluding hydrogens is 244 g/mol. The first-order valence-corrected chi connectivity index (χ1v) is 7.38. The summed E-state index contributed by atoms with van der Waals surface area (Å²) in [6.07, 6.45) is 6.17. The quantitative estimate of drug-likeness (QED) is 0.745. The van der Waals surface area contributed by atoms with Crippen molar-refractivity contribution in [3.63, 3.8) is 0 Å². The summed E-state index contributed by atoms with van der Waals surface area (Å²) >= 11 is 0. The molecule has 0 aromatic rings. The van der Waals surface area contributed by atoms with E-state index in [1.54, 1.807) is 4.90 Å². The number of rotatable bonds is 5. The Balaban J connectivity index is 1.53.